The molecule has 6 heteroatoms. The summed E-state index contributed by atoms with van der Waals surface area (Å²) in [4.78, 5) is 12.2. The van der Waals surface area contributed by atoms with E-state index in [1.54, 1.807) is 0 Å². The maximum Gasteiger partial charge on any atom is 0.341 e. The molecule has 0 saturated heterocycles. The van der Waals surface area contributed by atoms with Crippen molar-refractivity contribution in [2.75, 3.05) is 7.11 Å². The maximum atomic E-state index is 14.2. The lowest BCUT2D eigenvalue weighted by Gasteiger charge is -2.17. The minimum absolute atomic E-state index is 0.380. The lowest BCUT2D eigenvalue weighted by Crippen LogP contribution is -2.19. The molecular formula is C23H35F3O3. The Hall–Kier alpha value is -1.72. The fourth-order valence-electron chi connectivity index (χ4n) is 3.33. The number of ether oxygens (including phenoxy) is 2. The topological polar surface area (TPSA) is 35.5 Å². The van der Waals surface area contributed by atoms with Gasteiger partial charge in [0.15, 0.2) is 17.4 Å². The lowest BCUT2D eigenvalue weighted by molar-refractivity contribution is 0.0260. The third-order valence-electron chi connectivity index (χ3n) is 5.15. The van der Waals surface area contributed by atoms with E-state index >= 15 is 0 Å². The number of carbonyl (C=O) groups is 1. The van der Waals surface area contributed by atoms with Crippen LogP contribution in [0.15, 0.2) is 6.07 Å². The normalized spacial score (nSPS) is 12.1. The summed E-state index contributed by atoms with van der Waals surface area (Å²) >= 11 is 0. The molecule has 0 aliphatic heterocycles. The van der Waals surface area contributed by atoms with Gasteiger partial charge in [0, 0.05) is 0 Å². The van der Waals surface area contributed by atoms with Gasteiger partial charge in [0.25, 0.3) is 0 Å². The van der Waals surface area contributed by atoms with Crippen LogP contribution in [0.4, 0.5) is 13.2 Å². The average molecular weight is 417 g/mol. The number of esters is 1. The predicted molar refractivity (Wildman–Crippen MR) is 109 cm³/mol. The summed E-state index contributed by atoms with van der Waals surface area (Å²) in [6.07, 6.45) is 12.9. The van der Waals surface area contributed by atoms with Crippen molar-refractivity contribution in [2.45, 2.75) is 97.0 Å². The van der Waals surface area contributed by atoms with Crippen LogP contribution in [0.2, 0.25) is 0 Å². The first-order valence-corrected chi connectivity index (χ1v) is 10.9. The first kappa shape index (κ1) is 25.3. The second-order valence-corrected chi connectivity index (χ2v) is 7.47. The molecule has 29 heavy (non-hydrogen) atoms. The molecule has 0 heterocycles. The van der Waals surface area contributed by atoms with Crippen molar-refractivity contribution in [1.82, 2.24) is 0 Å². The van der Waals surface area contributed by atoms with E-state index in [4.69, 9.17) is 4.74 Å². The van der Waals surface area contributed by atoms with E-state index in [-0.39, 0.29) is 6.10 Å². The Bertz CT molecular complexity index is 620. The van der Waals surface area contributed by atoms with Gasteiger partial charge < -0.3 is 9.47 Å². The molecule has 166 valence electrons. The van der Waals surface area contributed by atoms with Crippen LogP contribution in [-0.2, 0) is 4.74 Å². The Morgan fingerprint density at radius 3 is 1.97 bits per heavy atom. The summed E-state index contributed by atoms with van der Waals surface area (Å²) in [6.45, 7) is 4.09. The van der Waals surface area contributed by atoms with Gasteiger partial charge in [-0.15, -0.1) is 0 Å². The minimum Gasteiger partial charge on any atom is -0.491 e. The Balaban J connectivity index is 2.38. The zero-order valence-electron chi connectivity index (χ0n) is 18.0. The zero-order chi connectivity index (χ0) is 21.6. The van der Waals surface area contributed by atoms with Gasteiger partial charge in [0.05, 0.1) is 7.11 Å². The third-order valence-corrected chi connectivity index (χ3v) is 5.15. The molecule has 1 unspecified atom stereocenters. The number of unbranched alkanes of at least 4 members (excludes halogenated alkanes) is 9. The second kappa shape index (κ2) is 14.3. The number of halogens is 3. The molecule has 0 bridgehead atoms. The molecule has 0 saturated carbocycles. The molecule has 0 aromatic heterocycles. The number of methoxy groups -OCH3 is 1. The van der Waals surface area contributed by atoms with E-state index in [9.17, 15) is 18.0 Å². The fraction of sp³-hybridized carbons (Fsp3) is 0.696. The van der Waals surface area contributed by atoms with E-state index in [0.29, 0.717) is 18.9 Å². The molecule has 0 fully saturated rings. The van der Waals surface area contributed by atoms with E-state index in [1.165, 1.54) is 44.9 Å². The molecule has 0 spiro atoms. The monoisotopic (exact) mass is 416 g/mol. The molecule has 1 atom stereocenters. The van der Waals surface area contributed by atoms with Crippen LogP contribution in [0, 0.1) is 17.5 Å². The third kappa shape index (κ3) is 8.67. The summed E-state index contributed by atoms with van der Waals surface area (Å²) in [5.41, 5.74) is -0.651. The van der Waals surface area contributed by atoms with Crippen molar-refractivity contribution in [1.29, 1.82) is 0 Å². The van der Waals surface area contributed by atoms with Crippen LogP contribution < -0.4 is 4.74 Å². The Morgan fingerprint density at radius 2 is 1.45 bits per heavy atom. The van der Waals surface area contributed by atoms with Gasteiger partial charge in [-0.25, -0.2) is 13.6 Å². The Labute approximate surface area is 173 Å². The molecule has 0 radical (unpaired) electrons. The first-order chi connectivity index (χ1) is 14.0. The molecule has 3 nitrogen and oxygen atoms in total. The second-order valence-electron chi connectivity index (χ2n) is 7.47. The van der Waals surface area contributed by atoms with Crippen LogP contribution in [0.25, 0.3) is 0 Å². The van der Waals surface area contributed by atoms with Crippen molar-refractivity contribution < 1.29 is 27.4 Å². The van der Waals surface area contributed by atoms with E-state index in [0.717, 1.165) is 26.4 Å². The number of carbonyl (C=O) groups excluding carboxylic acids is 1. The van der Waals surface area contributed by atoms with Crippen molar-refractivity contribution in [2.24, 2.45) is 0 Å². The van der Waals surface area contributed by atoms with E-state index < -0.39 is 34.7 Å². The molecule has 1 aromatic rings. The zero-order valence-corrected chi connectivity index (χ0v) is 18.0. The van der Waals surface area contributed by atoms with Gasteiger partial charge in [-0.05, 0) is 25.3 Å². The van der Waals surface area contributed by atoms with Crippen LogP contribution in [0.5, 0.6) is 5.75 Å². The quantitative estimate of drug-likeness (QED) is 0.170. The highest BCUT2D eigenvalue weighted by Crippen LogP contribution is 2.28. The molecule has 0 aliphatic rings. The van der Waals surface area contributed by atoms with Gasteiger partial charge in [0.1, 0.15) is 11.7 Å². The molecule has 0 N–H and O–H groups in total. The van der Waals surface area contributed by atoms with Crippen molar-refractivity contribution >= 4 is 5.97 Å². The van der Waals surface area contributed by atoms with Crippen LogP contribution >= 0.6 is 0 Å². The smallest absolute Gasteiger partial charge is 0.341 e. The summed E-state index contributed by atoms with van der Waals surface area (Å²) < 4.78 is 51.2. The number of rotatable bonds is 15. The van der Waals surface area contributed by atoms with Crippen molar-refractivity contribution in [3.05, 3.63) is 29.1 Å². The van der Waals surface area contributed by atoms with E-state index in [1.807, 2.05) is 6.92 Å². The SMILES string of the molecule is CCCCCCCCCCCCC(CC)OC(=O)c1cc(F)c(F)c(OC)c1F. The standard InChI is InChI=1S/C23H35F3O3/c1-4-6-7-8-9-10-11-12-13-14-15-17(5-2)29-23(27)18-16-19(24)21(26)22(28-3)20(18)25/h16-17H,4-15H2,1-3H3. The van der Waals surface area contributed by atoms with Crippen LogP contribution in [0.3, 0.4) is 0 Å². The Morgan fingerprint density at radius 1 is 0.897 bits per heavy atom. The van der Waals surface area contributed by atoms with Gasteiger partial charge in [-0.1, -0.05) is 71.6 Å². The van der Waals surface area contributed by atoms with Gasteiger partial charge in [-0.3, -0.25) is 0 Å². The van der Waals surface area contributed by atoms with E-state index in [2.05, 4.69) is 11.7 Å². The van der Waals surface area contributed by atoms with Gasteiger partial charge >= 0.3 is 5.97 Å². The first-order valence-electron chi connectivity index (χ1n) is 10.9. The molecule has 0 amide bonds. The summed E-state index contributed by atoms with van der Waals surface area (Å²) in [6, 6.07) is 0.517. The molecule has 1 aromatic carbocycles. The van der Waals surface area contributed by atoms with Crippen molar-refractivity contribution in [3.8, 4) is 5.75 Å². The molecule has 0 aliphatic carbocycles. The average Bonchev–Trinajstić information content (AvgIpc) is 2.71. The lowest BCUT2D eigenvalue weighted by atomic mass is 10.0. The predicted octanol–water partition coefficient (Wildman–Crippen LogP) is 7.36. The fourth-order valence-corrected chi connectivity index (χ4v) is 3.33. The summed E-state index contributed by atoms with van der Waals surface area (Å²) in [5, 5.41) is 0. The highest BCUT2D eigenvalue weighted by Gasteiger charge is 2.26. The van der Waals surface area contributed by atoms with Gasteiger partial charge in [0.2, 0.25) is 5.82 Å². The number of hydrogen-bond acceptors (Lipinski definition) is 3. The minimum atomic E-state index is -1.46. The summed E-state index contributed by atoms with van der Waals surface area (Å²) in [5.74, 6) is -5.97. The highest BCUT2D eigenvalue weighted by atomic mass is 19.2. The number of benzene rings is 1. The number of hydrogen-bond donors (Lipinski definition) is 0. The Kier molecular flexibility index (Phi) is 12.5. The van der Waals surface area contributed by atoms with Crippen LogP contribution in [0.1, 0.15) is 101 Å². The largest absolute Gasteiger partial charge is 0.491 e. The molecule has 1 rings (SSSR count). The van der Waals surface area contributed by atoms with Gasteiger partial charge in [-0.2, -0.15) is 4.39 Å². The highest BCUT2D eigenvalue weighted by molar-refractivity contribution is 5.90. The van der Waals surface area contributed by atoms with Crippen LogP contribution in [-0.4, -0.2) is 19.2 Å². The van der Waals surface area contributed by atoms with Crippen molar-refractivity contribution in [3.63, 3.8) is 0 Å². The molecular weight excluding hydrogens is 381 g/mol. The summed E-state index contributed by atoms with van der Waals surface area (Å²) in [7, 11) is 1.01. The maximum absolute atomic E-state index is 14.2.